The second-order valence-electron chi connectivity index (χ2n) is 4.30. The van der Waals surface area contributed by atoms with Crippen LogP contribution in [0.15, 0.2) is 24.3 Å². The number of hydrogen-bond donors (Lipinski definition) is 1. The van der Waals surface area contributed by atoms with Crippen molar-refractivity contribution in [3.63, 3.8) is 0 Å². The molecular weight excluding hydrogens is 252 g/mol. The number of amides is 1. The molecule has 1 heterocycles. The molecule has 19 heavy (non-hydrogen) atoms. The number of likely N-dealkylation sites (tertiary alicyclic amines) is 1. The van der Waals surface area contributed by atoms with E-state index in [0.29, 0.717) is 19.4 Å². The summed E-state index contributed by atoms with van der Waals surface area (Å²) < 4.78 is 0. The van der Waals surface area contributed by atoms with Crippen LogP contribution in [0.3, 0.4) is 0 Å². The van der Waals surface area contributed by atoms with Crippen LogP contribution in [0.2, 0.25) is 0 Å². The lowest BCUT2D eigenvalue weighted by Gasteiger charge is -2.21. The molecule has 1 N–H and O–H groups in total. The van der Waals surface area contributed by atoms with E-state index >= 15 is 0 Å². The molecule has 7 heteroatoms. The first kappa shape index (κ1) is 13.0. The Labute approximate surface area is 108 Å². The number of nitro groups is 1. The van der Waals surface area contributed by atoms with Crippen LogP contribution in [0.5, 0.6) is 0 Å². The second-order valence-corrected chi connectivity index (χ2v) is 4.30. The van der Waals surface area contributed by atoms with Crippen molar-refractivity contribution in [2.75, 3.05) is 6.54 Å². The summed E-state index contributed by atoms with van der Waals surface area (Å²) >= 11 is 0. The zero-order chi connectivity index (χ0) is 14.0. The SMILES string of the molecule is O=C(O)[C@H]1CCCN1C(=O)c1ccc([N+](=O)[O-])cc1. The van der Waals surface area contributed by atoms with Gasteiger partial charge in [-0.25, -0.2) is 4.79 Å². The van der Waals surface area contributed by atoms with Crippen LogP contribution in [0.25, 0.3) is 0 Å². The first-order valence-electron chi connectivity index (χ1n) is 5.79. The number of carboxylic acid groups (broad SMARTS) is 1. The van der Waals surface area contributed by atoms with E-state index < -0.39 is 22.8 Å². The van der Waals surface area contributed by atoms with Gasteiger partial charge in [0, 0.05) is 24.2 Å². The van der Waals surface area contributed by atoms with E-state index in [1.54, 1.807) is 0 Å². The average Bonchev–Trinajstić information content (AvgIpc) is 2.87. The van der Waals surface area contributed by atoms with Gasteiger partial charge in [0.05, 0.1) is 4.92 Å². The molecule has 100 valence electrons. The molecule has 0 bridgehead atoms. The number of hydrogen-bond acceptors (Lipinski definition) is 4. The molecule has 1 aromatic rings. The molecule has 1 fully saturated rings. The number of carbonyl (C=O) groups excluding carboxylic acids is 1. The lowest BCUT2D eigenvalue weighted by Crippen LogP contribution is -2.40. The molecule has 0 aliphatic carbocycles. The van der Waals surface area contributed by atoms with E-state index in [-0.39, 0.29) is 11.3 Å². The van der Waals surface area contributed by atoms with Gasteiger partial charge in [0.25, 0.3) is 11.6 Å². The monoisotopic (exact) mass is 264 g/mol. The summed E-state index contributed by atoms with van der Waals surface area (Å²) in [5, 5.41) is 19.5. The van der Waals surface area contributed by atoms with E-state index in [9.17, 15) is 19.7 Å². The van der Waals surface area contributed by atoms with Crippen molar-refractivity contribution in [3.8, 4) is 0 Å². The number of rotatable bonds is 3. The fourth-order valence-corrected chi connectivity index (χ4v) is 2.16. The van der Waals surface area contributed by atoms with Crippen molar-refractivity contribution < 1.29 is 19.6 Å². The zero-order valence-electron chi connectivity index (χ0n) is 9.98. The van der Waals surface area contributed by atoms with Crippen LogP contribution >= 0.6 is 0 Å². The summed E-state index contributed by atoms with van der Waals surface area (Å²) in [5.41, 5.74) is 0.159. The molecule has 2 rings (SSSR count). The predicted molar refractivity (Wildman–Crippen MR) is 64.8 cm³/mol. The second kappa shape index (κ2) is 5.05. The molecule has 1 saturated heterocycles. The van der Waals surface area contributed by atoms with Gasteiger partial charge >= 0.3 is 5.97 Å². The summed E-state index contributed by atoms with van der Waals surface area (Å²) in [6.07, 6.45) is 1.09. The maximum atomic E-state index is 12.1. The van der Waals surface area contributed by atoms with Crippen LogP contribution in [-0.2, 0) is 4.79 Å². The van der Waals surface area contributed by atoms with Gasteiger partial charge in [-0.1, -0.05) is 0 Å². The number of non-ortho nitro benzene ring substituents is 1. The molecule has 0 spiro atoms. The van der Waals surface area contributed by atoms with E-state index in [4.69, 9.17) is 5.11 Å². The highest BCUT2D eigenvalue weighted by atomic mass is 16.6. The zero-order valence-corrected chi connectivity index (χ0v) is 9.98. The number of carboxylic acids is 1. The van der Waals surface area contributed by atoms with Crippen LogP contribution in [-0.4, -0.2) is 39.4 Å². The fraction of sp³-hybridized carbons (Fsp3) is 0.333. The molecule has 1 aliphatic heterocycles. The topological polar surface area (TPSA) is 101 Å². The standard InChI is InChI=1S/C12H12N2O5/c15-11(13-7-1-2-10(13)12(16)17)8-3-5-9(6-4-8)14(18)19/h3-6,10H,1-2,7H2,(H,16,17)/t10-/m1/s1. The Morgan fingerprint density at radius 3 is 2.47 bits per heavy atom. The minimum atomic E-state index is -1.02. The Bertz CT molecular complexity index is 525. The molecule has 1 aliphatic rings. The van der Waals surface area contributed by atoms with Gasteiger partial charge in [0.1, 0.15) is 6.04 Å². The molecular formula is C12H12N2O5. The van der Waals surface area contributed by atoms with Crippen LogP contribution in [0.4, 0.5) is 5.69 Å². The largest absolute Gasteiger partial charge is 0.480 e. The first-order valence-corrected chi connectivity index (χ1v) is 5.79. The summed E-state index contributed by atoms with van der Waals surface area (Å²) in [6, 6.07) is 4.36. The minimum Gasteiger partial charge on any atom is -0.480 e. The van der Waals surface area contributed by atoms with E-state index in [2.05, 4.69) is 0 Å². The first-order chi connectivity index (χ1) is 9.00. The van der Waals surface area contributed by atoms with Gasteiger partial charge in [-0.15, -0.1) is 0 Å². The average molecular weight is 264 g/mol. The third-order valence-corrected chi connectivity index (χ3v) is 3.12. The molecule has 0 aromatic heterocycles. The third kappa shape index (κ3) is 2.54. The summed E-state index contributed by atoms with van der Waals surface area (Å²) in [4.78, 5) is 34.4. The maximum Gasteiger partial charge on any atom is 0.326 e. The number of benzene rings is 1. The highest BCUT2D eigenvalue weighted by molar-refractivity contribution is 5.97. The molecule has 7 nitrogen and oxygen atoms in total. The van der Waals surface area contributed by atoms with E-state index in [1.807, 2.05) is 0 Å². The van der Waals surface area contributed by atoms with Gasteiger partial charge < -0.3 is 10.0 Å². The number of carbonyl (C=O) groups is 2. The van der Waals surface area contributed by atoms with Gasteiger partial charge in [0.2, 0.25) is 0 Å². The Kier molecular flexibility index (Phi) is 3.46. The van der Waals surface area contributed by atoms with Crippen molar-refractivity contribution in [2.24, 2.45) is 0 Å². The summed E-state index contributed by atoms with van der Waals surface area (Å²) in [5.74, 6) is -1.42. The van der Waals surface area contributed by atoms with Crippen LogP contribution in [0, 0.1) is 10.1 Å². The van der Waals surface area contributed by atoms with Gasteiger partial charge in [-0.2, -0.15) is 0 Å². The molecule has 1 atom stereocenters. The van der Waals surface area contributed by atoms with E-state index in [0.717, 1.165) is 0 Å². The van der Waals surface area contributed by atoms with Gasteiger partial charge in [0.15, 0.2) is 0 Å². The van der Waals surface area contributed by atoms with Crippen molar-refractivity contribution >= 4 is 17.6 Å². The Morgan fingerprint density at radius 1 is 1.32 bits per heavy atom. The summed E-state index contributed by atoms with van der Waals surface area (Å²) in [7, 11) is 0. The van der Waals surface area contributed by atoms with Gasteiger partial charge in [-0.3, -0.25) is 14.9 Å². The lowest BCUT2D eigenvalue weighted by atomic mass is 10.1. The molecule has 0 unspecified atom stereocenters. The molecule has 0 radical (unpaired) electrons. The number of aliphatic carboxylic acids is 1. The Morgan fingerprint density at radius 2 is 1.95 bits per heavy atom. The normalized spacial score (nSPS) is 18.3. The maximum absolute atomic E-state index is 12.1. The highest BCUT2D eigenvalue weighted by Crippen LogP contribution is 2.21. The smallest absolute Gasteiger partial charge is 0.326 e. The Hall–Kier alpha value is -2.44. The third-order valence-electron chi connectivity index (χ3n) is 3.12. The van der Waals surface area contributed by atoms with Crippen molar-refractivity contribution in [2.45, 2.75) is 18.9 Å². The van der Waals surface area contributed by atoms with E-state index in [1.165, 1.54) is 29.2 Å². The number of nitrogens with zero attached hydrogens (tertiary/aromatic N) is 2. The minimum absolute atomic E-state index is 0.104. The molecule has 1 aromatic carbocycles. The molecule has 1 amide bonds. The van der Waals surface area contributed by atoms with Crippen molar-refractivity contribution in [1.29, 1.82) is 0 Å². The Balaban J connectivity index is 2.19. The molecule has 0 saturated carbocycles. The fourth-order valence-electron chi connectivity index (χ4n) is 2.16. The number of nitro benzene ring substituents is 1. The predicted octanol–water partition coefficient (Wildman–Crippen LogP) is 1.28. The summed E-state index contributed by atoms with van der Waals surface area (Å²) in [6.45, 7) is 0.396. The van der Waals surface area contributed by atoms with Gasteiger partial charge in [-0.05, 0) is 25.0 Å². The highest BCUT2D eigenvalue weighted by Gasteiger charge is 2.34. The lowest BCUT2D eigenvalue weighted by molar-refractivity contribution is -0.384. The van der Waals surface area contributed by atoms with Crippen LogP contribution < -0.4 is 0 Å². The van der Waals surface area contributed by atoms with Crippen molar-refractivity contribution in [3.05, 3.63) is 39.9 Å². The quantitative estimate of drug-likeness (QED) is 0.654. The van der Waals surface area contributed by atoms with Crippen molar-refractivity contribution in [1.82, 2.24) is 4.90 Å². The van der Waals surface area contributed by atoms with Crippen LogP contribution in [0.1, 0.15) is 23.2 Å².